The molecule has 24 heavy (non-hydrogen) atoms. The molecule has 0 radical (unpaired) electrons. The van der Waals surface area contributed by atoms with Crippen molar-refractivity contribution in [2.75, 3.05) is 46.0 Å². The van der Waals surface area contributed by atoms with Gasteiger partial charge in [-0.2, -0.15) is 0 Å². The van der Waals surface area contributed by atoms with Gasteiger partial charge in [0, 0.05) is 38.0 Å². The van der Waals surface area contributed by atoms with E-state index in [9.17, 15) is 9.59 Å². The van der Waals surface area contributed by atoms with Gasteiger partial charge >= 0.3 is 0 Å². The first kappa shape index (κ1) is 17.1. The second-order valence-corrected chi connectivity index (χ2v) is 6.37. The van der Waals surface area contributed by atoms with Crippen LogP contribution in [0.5, 0.6) is 0 Å². The summed E-state index contributed by atoms with van der Waals surface area (Å²) in [5.74, 6) is 0.0117. The Morgan fingerprint density at radius 1 is 1.17 bits per heavy atom. The van der Waals surface area contributed by atoms with Gasteiger partial charge in [0.15, 0.2) is 5.78 Å². The van der Waals surface area contributed by atoms with Crippen molar-refractivity contribution < 1.29 is 19.1 Å². The lowest BCUT2D eigenvalue weighted by Crippen LogP contribution is -2.59. The van der Waals surface area contributed by atoms with Crippen LogP contribution < -0.4 is 5.32 Å². The molecule has 1 amide bonds. The van der Waals surface area contributed by atoms with Gasteiger partial charge in [-0.1, -0.05) is 30.3 Å². The number of ketones is 1. The maximum Gasteiger partial charge on any atom is 0.223 e. The summed E-state index contributed by atoms with van der Waals surface area (Å²) in [6.07, 6.45) is 0.472. The van der Waals surface area contributed by atoms with Crippen molar-refractivity contribution in [3.63, 3.8) is 0 Å². The van der Waals surface area contributed by atoms with Crippen LogP contribution in [0.1, 0.15) is 23.2 Å². The fourth-order valence-electron chi connectivity index (χ4n) is 3.17. The summed E-state index contributed by atoms with van der Waals surface area (Å²) in [6.45, 7) is 4.21. The van der Waals surface area contributed by atoms with Crippen LogP contribution in [0.15, 0.2) is 30.3 Å². The molecule has 130 valence electrons. The molecular formula is C18H24N2O4. The van der Waals surface area contributed by atoms with Crippen LogP contribution in [0, 0.1) is 0 Å². The molecule has 0 saturated carbocycles. The van der Waals surface area contributed by atoms with Crippen molar-refractivity contribution in [3.05, 3.63) is 35.9 Å². The van der Waals surface area contributed by atoms with Gasteiger partial charge in [0.2, 0.25) is 5.91 Å². The summed E-state index contributed by atoms with van der Waals surface area (Å²) >= 11 is 0. The molecule has 2 heterocycles. The number of benzene rings is 1. The average Bonchev–Trinajstić information content (AvgIpc) is 2.85. The maximum absolute atomic E-state index is 12.5. The number of amides is 1. The molecule has 0 bridgehead atoms. The molecule has 1 aromatic carbocycles. The number of Topliss-reactive ketones (excluding diaryl/α,β-unsaturated/α-hetero) is 1. The van der Waals surface area contributed by atoms with Crippen LogP contribution in [0.3, 0.4) is 0 Å². The van der Waals surface area contributed by atoms with Crippen LogP contribution in [0.25, 0.3) is 0 Å². The van der Waals surface area contributed by atoms with Crippen molar-refractivity contribution in [3.8, 4) is 0 Å². The van der Waals surface area contributed by atoms with Crippen LogP contribution >= 0.6 is 0 Å². The Balaban J connectivity index is 1.54. The van der Waals surface area contributed by atoms with Gasteiger partial charge < -0.3 is 19.7 Å². The van der Waals surface area contributed by atoms with E-state index in [1.807, 2.05) is 18.2 Å². The lowest BCUT2D eigenvalue weighted by Gasteiger charge is -2.41. The minimum atomic E-state index is -0.464. The number of carbonyl (C=O) groups is 2. The molecular weight excluding hydrogens is 308 g/mol. The molecule has 3 rings (SSSR count). The number of morpholine rings is 1. The van der Waals surface area contributed by atoms with E-state index >= 15 is 0 Å². The first-order valence-corrected chi connectivity index (χ1v) is 8.47. The van der Waals surface area contributed by atoms with E-state index in [2.05, 4.69) is 5.32 Å². The molecule has 2 saturated heterocycles. The Bertz CT molecular complexity index is 568. The standard InChI is InChI=1S/C18H24N2O4/c21-16(15-4-2-1-3-5-15)6-7-17(22)20-9-11-24-18(13-20)12-19-8-10-23-14-18/h1-5,19H,6-14H2/t18-/m1/s1. The minimum absolute atomic E-state index is 0.00574. The van der Waals surface area contributed by atoms with Crippen LogP contribution in [0.2, 0.25) is 0 Å². The van der Waals surface area contributed by atoms with E-state index in [4.69, 9.17) is 9.47 Å². The van der Waals surface area contributed by atoms with Crippen LogP contribution in [-0.2, 0) is 14.3 Å². The molecule has 1 N–H and O–H groups in total. The number of rotatable bonds is 4. The minimum Gasteiger partial charge on any atom is -0.377 e. The zero-order chi connectivity index (χ0) is 16.8. The fraction of sp³-hybridized carbons (Fsp3) is 0.556. The monoisotopic (exact) mass is 332 g/mol. The Morgan fingerprint density at radius 3 is 2.83 bits per heavy atom. The molecule has 0 aliphatic carbocycles. The number of ether oxygens (including phenoxy) is 2. The second kappa shape index (κ2) is 7.88. The van der Waals surface area contributed by atoms with E-state index in [1.54, 1.807) is 17.0 Å². The second-order valence-electron chi connectivity index (χ2n) is 6.37. The third-order valence-corrected chi connectivity index (χ3v) is 4.50. The lowest BCUT2D eigenvalue weighted by atomic mass is 10.0. The van der Waals surface area contributed by atoms with Gasteiger partial charge in [-0.15, -0.1) is 0 Å². The molecule has 1 spiro atoms. The molecule has 0 unspecified atom stereocenters. The van der Waals surface area contributed by atoms with Gasteiger partial charge in [0.1, 0.15) is 5.60 Å². The Morgan fingerprint density at radius 2 is 2.00 bits per heavy atom. The smallest absolute Gasteiger partial charge is 0.223 e. The highest BCUT2D eigenvalue weighted by molar-refractivity contribution is 5.97. The summed E-state index contributed by atoms with van der Waals surface area (Å²) < 4.78 is 11.5. The van der Waals surface area contributed by atoms with Crippen molar-refractivity contribution in [2.24, 2.45) is 0 Å². The van der Waals surface area contributed by atoms with Crippen molar-refractivity contribution in [1.82, 2.24) is 10.2 Å². The number of carbonyl (C=O) groups excluding carboxylic acids is 2. The topological polar surface area (TPSA) is 67.9 Å². The maximum atomic E-state index is 12.5. The first-order chi connectivity index (χ1) is 11.7. The Hall–Kier alpha value is -1.76. The van der Waals surface area contributed by atoms with Crippen molar-refractivity contribution >= 4 is 11.7 Å². The highest BCUT2D eigenvalue weighted by Crippen LogP contribution is 2.20. The predicted octanol–water partition coefficient (Wildman–Crippen LogP) is 0.867. The van der Waals surface area contributed by atoms with E-state index < -0.39 is 5.60 Å². The molecule has 2 aliphatic rings. The van der Waals surface area contributed by atoms with Crippen molar-refractivity contribution in [2.45, 2.75) is 18.4 Å². The highest BCUT2D eigenvalue weighted by atomic mass is 16.5. The number of hydrogen-bond donors (Lipinski definition) is 1. The van der Waals surface area contributed by atoms with E-state index in [1.165, 1.54) is 0 Å². The summed E-state index contributed by atoms with van der Waals surface area (Å²) in [6, 6.07) is 9.10. The number of nitrogens with zero attached hydrogens (tertiary/aromatic N) is 1. The van der Waals surface area contributed by atoms with Crippen LogP contribution in [0.4, 0.5) is 0 Å². The third kappa shape index (κ3) is 4.20. The largest absolute Gasteiger partial charge is 0.377 e. The van der Waals surface area contributed by atoms with Gasteiger partial charge in [0.05, 0.1) is 26.4 Å². The molecule has 0 aromatic heterocycles. The summed E-state index contributed by atoms with van der Waals surface area (Å²) in [7, 11) is 0. The zero-order valence-corrected chi connectivity index (χ0v) is 13.8. The summed E-state index contributed by atoms with van der Waals surface area (Å²) in [4.78, 5) is 26.5. The number of hydrogen-bond acceptors (Lipinski definition) is 5. The number of nitrogens with one attached hydrogen (secondary N) is 1. The van der Waals surface area contributed by atoms with Gasteiger partial charge in [0.25, 0.3) is 0 Å². The highest BCUT2D eigenvalue weighted by Gasteiger charge is 2.39. The van der Waals surface area contributed by atoms with Gasteiger partial charge in [-0.25, -0.2) is 0 Å². The van der Waals surface area contributed by atoms with Crippen molar-refractivity contribution in [1.29, 1.82) is 0 Å². The quantitative estimate of drug-likeness (QED) is 0.829. The van der Waals surface area contributed by atoms with Crippen LogP contribution in [-0.4, -0.2) is 68.2 Å². The molecule has 6 heteroatoms. The van der Waals surface area contributed by atoms with Gasteiger partial charge in [-0.05, 0) is 0 Å². The molecule has 2 aliphatic heterocycles. The Labute approximate surface area is 142 Å². The zero-order valence-electron chi connectivity index (χ0n) is 13.8. The Kier molecular flexibility index (Phi) is 5.60. The van der Waals surface area contributed by atoms with E-state index in [0.29, 0.717) is 45.0 Å². The molecule has 1 aromatic rings. The van der Waals surface area contributed by atoms with E-state index in [-0.39, 0.29) is 24.5 Å². The predicted molar refractivity (Wildman–Crippen MR) is 89.0 cm³/mol. The van der Waals surface area contributed by atoms with Gasteiger partial charge in [-0.3, -0.25) is 9.59 Å². The lowest BCUT2D eigenvalue weighted by molar-refractivity contribution is -0.158. The molecule has 1 atom stereocenters. The fourth-order valence-corrected chi connectivity index (χ4v) is 3.17. The summed E-state index contributed by atoms with van der Waals surface area (Å²) in [5.41, 5.74) is 0.193. The SMILES string of the molecule is O=C(CCC(=O)N1CCO[C@]2(CNCCOC2)C1)c1ccccc1. The average molecular weight is 332 g/mol. The summed E-state index contributed by atoms with van der Waals surface area (Å²) in [5, 5.41) is 3.30. The third-order valence-electron chi connectivity index (χ3n) is 4.50. The molecule has 6 nitrogen and oxygen atoms in total. The first-order valence-electron chi connectivity index (χ1n) is 8.47. The molecule has 2 fully saturated rings. The normalized spacial score (nSPS) is 24.6. The van der Waals surface area contributed by atoms with E-state index in [0.717, 1.165) is 6.54 Å².